The molecule has 0 bridgehead atoms. The number of nitrogens with zero attached hydrogens (tertiary/aromatic N) is 4. The van der Waals surface area contributed by atoms with Crippen molar-refractivity contribution in [1.82, 2.24) is 19.3 Å². The number of aryl methyl sites for hydroxylation is 1. The lowest BCUT2D eigenvalue weighted by molar-refractivity contribution is -0.147. The molecule has 26 heavy (non-hydrogen) atoms. The van der Waals surface area contributed by atoms with Gasteiger partial charge in [0, 0.05) is 17.6 Å². The summed E-state index contributed by atoms with van der Waals surface area (Å²) in [5, 5.41) is 4.76. The number of rotatable bonds is 5. The maximum absolute atomic E-state index is 12.3. The quantitative estimate of drug-likeness (QED) is 0.497. The number of benzene rings is 1. The molecule has 0 amide bonds. The Bertz CT molecular complexity index is 1040. The summed E-state index contributed by atoms with van der Waals surface area (Å²) < 4.78 is 7.72. The van der Waals surface area contributed by atoms with E-state index in [0.717, 1.165) is 4.57 Å². The molecule has 1 aromatic carbocycles. The Hall–Kier alpha value is -3.00. The Balaban J connectivity index is 1.70. The first-order chi connectivity index (χ1) is 12.4. The molecule has 0 spiro atoms. The van der Waals surface area contributed by atoms with Gasteiger partial charge in [-0.05, 0) is 31.2 Å². The molecule has 3 aromatic rings. The standard InChI is InChI=1S/C17H15ClN4O4/c1-10(15(24)11-3-5-12(18)6-4-11)26-14(23)8-22-9-19-16-13(17(22)25)7-20-21(16)2/h3-7,9-10H,8H2,1-2H3. The van der Waals surface area contributed by atoms with Crippen molar-refractivity contribution in [3.63, 3.8) is 0 Å². The number of fused-ring (bicyclic) bond motifs is 1. The smallest absolute Gasteiger partial charge is 0.326 e. The van der Waals surface area contributed by atoms with Gasteiger partial charge in [-0.2, -0.15) is 5.10 Å². The topological polar surface area (TPSA) is 96.1 Å². The molecule has 0 saturated heterocycles. The summed E-state index contributed by atoms with van der Waals surface area (Å²) in [4.78, 5) is 40.8. The summed E-state index contributed by atoms with van der Waals surface area (Å²) in [5.41, 5.74) is 0.396. The highest BCUT2D eigenvalue weighted by Crippen LogP contribution is 2.12. The molecule has 8 nitrogen and oxygen atoms in total. The minimum atomic E-state index is -0.991. The van der Waals surface area contributed by atoms with Crippen LogP contribution in [0.25, 0.3) is 11.0 Å². The van der Waals surface area contributed by atoms with Crippen LogP contribution < -0.4 is 5.56 Å². The van der Waals surface area contributed by atoms with E-state index in [-0.39, 0.29) is 12.3 Å². The molecule has 0 saturated carbocycles. The van der Waals surface area contributed by atoms with Gasteiger partial charge in [-0.3, -0.25) is 23.6 Å². The van der Waals surface area contributed by atoms with Crippen LogP contribution in [0.4, 0.5) is 0 Å². The molecule has 0 N–H and O–H groups in total. The third-order valence-electron chi connectivity index (χ3n) is 3.82. The van der Waals surface area contributed by atoms with Crippen LogP contribution in [-0.2, 0) is 23.1 Å². The van der Waals surface area contributed by atoms with Crippen molar-refractivity contribution in [2.24, 2.45) is 7.05 Å². The molecular weight excluding hydrogens is 360 g/mol. The zero-order valence-electron chi connectivity index (χ0n) is 14.0. The second kappa shape index (κ2) is 7.09. The molecule has 1 atom stereocenters. The summed E-state index contributed by atoms with van der Waals surface area (Å²) in [6, 6.07) is 6.27. The summed E-state index contributed by atoms with van der Waals surface area (Å²) >= 11 is 5.79. The minimum Gasteiger partial charge on any atom is -0.453 e. The largest absolute Gasteiger partial charge is 0.453 e. The molecular formula is C17H15ClN4O4. The molecule has 9 heteroatoms. The van der Waals surface area contributed by atoms with Crippen LogP contribution in [-0.4, -0.2) is 37.2 Å². The second-order valence-electron chi connectivity index (χ2n) is 5.69. The monoisotopic (exact) mass is 374 g/mol. The number of hydrogen-bond acceptors (Lipinski definition) is 6. The lowest BCUT2D eigenvalue weighted by Gasteiger charge is -2.13. The first kappa shape index (κ1) is 17.8. The van der Waals surface area contributed by atoms with E-state index in [2.05, 4.69) is 10.1 Å². The lowest BCUT2D eigenvalue weighted by atomic mass is 10.1. The van der Waals surface area contributed by atoms with Gasteiger partial charge in [0.1, 0.15) is 18.3 Å². The highest BCUT2D eigenvalue weighted by Gasteiger charge is 2.20. The molecule has 3 rings (SSSR count). The molecule has 0 aliphatic heterocycles. The van der Waals surface area contributed by atoms with E-state index in [9.17, 15) is 14.4 Å². The maximum Gasteiger partial charge on any atom is 0.326 e. The van der Waals surface area contributed by atoms with Crippen molar-refractivity contribution in [3.05, 3.63) is 57.7 Å². The third-order valence-corrected chi connectivity index (χ3v) is 4.08. The second-order valence-corrected chi connectivity index (χ2v) is 6.12. The molecule has 2 heterocycles. The first-order valence-electron chi connectivity index (χ1n) is 7.73. The number of halogens is 1. The van der Waals surface area contributed by atoms with Crippen LogP contribution in [0.5, 0.6) is 0 Å². The van der Waals surface area contributed by atoms with Gasteiger partial charge in [-0.1, -0.05) is 11.6 Å². The summed E-state index contributed by atoms with van der Waals surface area (Å²) in [6.45, 7) is 1.12. The van der Waals surface area contributed by atoms with E-state index in [1.807, 2.05) is 0 Å². The highest BCUT2D eigenvalue weighted by molar-refractivity contribution is 6.30. The van der Waals surface area contributed by atoms with Crippen LogP contribution in [0.2, 0.25) is 5.02 Å². The number of hydrogen-bond donors (Lipinski definition) is 0. The average molecular weight is 375 g/mol. The number of esters is 1. The predicted molar refractivity (Wildman–Crippen MR) is 94.1 cm³/mol. The van der Waals surface area contributed by atoms with Gasteiger partial charge < -0.3 is 4.74 Å². The van der Waals surface area contributed by atoms with Gasteiger partial charge in [0.05, 0.1) is 6.20 Å². The molecule has 0 aliphatic rings. The molecule has 134 valence electrons. The van der Waals surface area contributed by atoms with E-state index in [4.69, 9.17) is 16.3 Å². The zero-order valence-corrected chi connectivity index (χ0v) is 14.8. The van der Waals surface area contributed by atoms with Crippen molar-refractivity contribution in [3.8, 4) is 0 Å². The van der Waals surface area contributed by atoms with Gasteiger partial charge in [0.2, 0.25) is 5.78 Å². The fraction of sp³-hybridized carbons (Fsp3) is 0.235. The Morgan fingerprint density at radius 3 is 2.65 bits per heavy atom. The van der Waals surface area contributed by atoms with Crippen LogP contribution >= 0.6 is 11.6 Å². The summed E-state index contributed by atoms with van der Waals surface area (Å²) in [6.07, 6.45) is 1.65. The Morgan fingerprint density at radius 2 is 1.96 bits per heavy atom. The van der Waals surface area contributed by atoms with Crippen molar-refractivity contribution >= 4 is 34.4 Å². The summed E-state index contributed by atoms with van der Waals surface area (Å²) in [5.74, 6) is -1.07. The van der Waals surface area contributed by atoms with E-state index in [1.54, 1.807) is 31.3 Å². The van der Waals surface area contributed by atoms with Crippen LogP contribution in [0.1, 0.15) is 17.3 Å². The third kappa shape index (κ3) is 3.50. The van der Waals surface area contributed by atoms with Crippen molar-refractivity contribution < 1.29 is 14.3 Å². The molecule has 0 fully saturated rings. The number of carbonyl (C=O) groups excluding carboxylic acids is 2. The van der Waals surface area contributed by atoms with Crippen molar-refractivity contribution in [2.45, 2.75) is 19.6 Å². The van der Waals surface area contributed by atoms with Gasteiger partial charge in [0.15, 0.2) is 11.8 Å². The van der Waals surface area contributed by atoms with E-state index >= 15 is 0 Å². The Morgan fingerprint density at radius 1 is 1.27 bits per heavy atom. The predicted octanol–water partition coefficient (Wildman–Crippen LogP) is 1.60. The Kier molecular flexibility index (Phi) is 4.85. The normalized spacial score (nSPS) is 12.1. The maximum atomic E-state index is 12.3. The number of ketones is 1. The van der Waals surface area contributed by atoms with E-state index in [1.165, 1.54) is 24.1 Å². The van der Waals surface area contributed by atoms with Crippen LogP contribution in [0, 0.1) is 0 Å². The number of ether oxygens (including phenoxy) is 1. The lowest BCUT2D eigenvalue weighted by Crippen LogP contribution is -2.30. The molecule has 2 aromatic heterocycles. The van der Waals surface area contributed by atoms with Crippen molar-refractivity contribution in [1.29, 1.82) is 0 Å². The Labute approximate surface area is 153 Å². The average Bonchev–Trinajstić information content (AvgIpc) is 2.99. The van der Waals surface area contributed by atoms with Crippen LogP contribution in [0.3, 0.4) is 0 Å². The van der Waals surface area contributed by atoms with E-state index < -0.39 is 17.6 Å². The summed E-state index contributed by atoms with van der Waals surface area (Å²) in [7, 11) is 1.66. The van der Waals surface area contributed by atoms with E-state index in [0.29, 0.717) is 21.6 Å². The number of carbonyl (C=O) groups is 2. The fourth-order valence-electron chi connectivity index (χ4n) is 2.46. The fourth-order valence-corrected chi connectivity index (χ4v) is 2.58. The van der Waals surface area contributed by atoms with Gasteiger partial charge in [0.25, 0.3) is 5.56 Å². The molecule has 1 unspecified atom stereocenters. The minimum absolute atomic E-state index is 0.299. The highest BCUT2D eigenvalue weighted by atomic mass is 35.5. The van der Waals surface area contributed by atoms with Gasteiger partial charge in [-0.15, -0.1) is 0 Å². The molecule has 0 radical (unpaired) electrons. The SMILES string of the molecule is CC(OC(=O)Cn1cnc2c(cnn2C)c1=O)C(=O)c1ccc(Cl)cc1. The number of aromatic nitrogens is 4. The van der Waals surface area contributed by atoms with Gasteiger partial charge >= 0.3 is 5.97 Å². The first-order valence-corrected chi connectivity index (χ1v) is 8.11. The zero-order chi connectivity index (χ0) is 18.8. The number of Topliss-reactive ketones (excluding diaryl/α,β-unsaturated/α-hetero) is 1. The van der Waals surface area contributed by atoms with Crippen molar-refractivity contribution in [2.75, 3.05) is 0 Å². The molecule has 0 aliphatic carbocycles. The van der Waals surface area contributed by atoms with Gasteiger partial charge in [-0.25, -0.2) is 4.98 Å². The van der Waals surface area contributed by atoms with Crippen LogP contribution in [0.15, 0.2) is 41.6 Å².